The van der Waals surface area contributed by atoms with Crippen molar-refractivity contribution in [3.8, 4) is 0 Å². The van der Waals surface area contributed by atoms with Gasteiger partial charge in [-0.05, 0) is 0 Å². The van der Waals surface area contributed by atoms with Crippen LogP contribution in [0.4, 0.5) is 0 Å². The van der Waals surface area contributed by atoms with Crippen molar-refractivity contribution in [2.75, 3.05) is 13.2 Å². The topological polar surface area (TPSA) is 18.5 Å². The van der Waals surface area contributed by atoms with Crippen molar-refractivity contribution < 1.29 is 9.47 Å². The summed E-state index contributed by atoms with van der Waals surface area (Å²) in [6.45, 7) is 1.53. The highest BCUT2D eigenvalue weighted by Crippen LogP contribution is 1.96. The van der Waals surface area contributed by atoms with Gasteiger partial charge in [0.1, 0.15) is 6.19 Å². The molecule has 1 fully saturated rings. The Hall–Kier alpha value is -0.0151. The molecule has 0 saturated carbocycles. The van der Waals surface area contributed by atoms with E-state index in [2.05, 4.69) is 0 Å². The molecule has 0 spiro atoms. The Balaban J connectivity index is 2.18. The standard InChI is InChI=1S/C3H7BO2/c4-3-5-1-2-6-3/h3H,1-2,4H2. The van der Waals surface area contributed by atoms with Crippen molar-refractivity contribution in [1.82, 2.24) is 0 Å². The Morgan fingerprint density at radius 3 is 2.00 bits per heavy atom. The van der Waals surface area contributed by atoms with E-state index >= 15 is 0 Å². The van der Waals surface area contributed by atoms with Gasteiger partial charge in [-0.25, -0.2) is 0 Å². The van der Waals surface area contributed by atoms with Crippen LogP contribution in [-0.4, -0.2) is 27.2 Å². The molecule has 1 heterocycles. The molecule has 1 aliphatic rings. The van der Waals surface area contributed by atoms with Crippen molar-refractivity contribution in [3.63, 3.8) is 0 Å². The van der Waals surface area contributed by atoms with E-state index in [4.69, 9.17) is 9.47 Å². The van der Waals surface area contributed by atoms with E-state index < -0.39 is 0 Å². The lowest BCUT2D eigenvalue weighted by atomic mass is 10.1. The Labute approximate surface area is 37.8 Å². The smallest absolute Gasteiger partial charge is 0.174 e. The average Bonchev–Trinajstić information content (AvgIpc) is 1.86. The highest BCUT2D eigenvalue weighted by molar-refractivity contribution is 6.10. The van der Waals surface area contributed by atoms with Gasteiger partial charge in [0.25, 0.3) is 0 Å². The maximum atomic E-state index is 4.93. The van der Waals surface area contributed by atoms with Gasteiger partial charge >= 0.3 is 0 Å². The van der Waals surface area contributed by atoms with Crippen LogP contribution in [0.5, 0.6) is 0 Å². The number of ether oxygens (including phenoxy) is 2. The van der Waals surface area contributed by atoms with Crippen molar-refractivity contribution in [3.05, 3.63) is 0 Å². The van der Waals surface area contributed by atoms with E-state index in [-0.39, 0.29) is 6.19 Å². The molecule has 0 aromatic heterocycles. The normalized spacial score (nSPS) is 25.3. The SMILES string of the molecule is BC1OCCO1. The second-order valence-electron chi connectivity index (χ2n) is 1.31. The Kier molecular flexibility index (Phi) is 1.12. The summed E-state index contributed by atoms with van der Waals surface area (Å²) in [5.74, 6) is 0. The molecular weight excluding hydrogens is 78.8 g/mol. The minimum absolute atomic E-state index is 0.0463. The summed E-state index contributed by atoms with van der Waals surface area (Å²) in [7, 11) is 1.90. The highest BCUT2D eigenvalue weighted by Gasteiger charge is 2.07. The Morgan fingerprint density at radius 2 is 1.83 bits per heavy atom. The number of hydrogen-bond donors (Lipinski definition) is 0. The summed E-state index contributed by atoms with van der Waals surface area (Å²) in [5.41, 5.74) is 0. The Morgan fingerprint density at radius 1 is 1.33 bits per heavy atom. The lowest BCUT2D eigenvalue weighted by Gasteiger charge is -1.95. The molecule has 34 valence electrons. The molecule has 0 radical (unpaired) electrons. The molecule has 0 N–H and O–H groups in total. The van der Waals surface area contributed by atoms with Crippen molar-refractivity contribution in [2.24, 2.45) is 0 Å². The lowest BCUT2D eigenvalue weighted by molar-refractivity contribution is 0.0270. The Bertz CT molecular complexity index is 42.1. The molecule has 0 amide bonds. The van der Waals surface area contributed by atoms with Gasteiger partial charge in [-0.3, -0.25) is 0 Å². The molecule has 0 aromatic rings. The molecule has 0 aliphatic carbocycles. The first kappa shape index (κ1) is 4.15. The third-order valence-corrected chi connectivity index (χ3v) is 0.788. The summed E-state index contributed by atoms with van der Waals surface area (Å²) in [6.07, 6.45) is 0.0463. The fourth-order valence-electron chi connectivity index (χ4n) is 0.476. The molecule has 0 atom stereocenters. The zero-order chi connectivity index (χ0) is 4.41. The van der Waals surface area contributed by atoms with E-state index in [1.165, 1.54) is 0 Å². The average molecular weight is 85.9 g/mol. The van der Waals surface area contributed by atoms with Crippen LogP contribution in [0.3, 0.4) is 0 Å². The minimum Gasteiger partial charge on any atom is -0.359 e. The lowest BCUT2D eigenvalue weighted by Crippen LogP contribution is -2.04. The minimum atomic E-state index is 0.0463. The van der Waals surface area contributed by atoms with Crippen LogP contribution >= 0.6 is 0 Å². The summed E-state index contributed by atoms with van der Waals surface area (Å²) >= 11 is 0. The van der Waals surface area contributed by atoms with Gasteiger partial charge in [-0.2, -0.15) is 0 Å². The fourth-order valence-corrected chi connectivity index (χ4v) is 0.476. The van der Waals surface area contributed by atoms with Crippen LogP contribution in [0, 0.1) is 0 Å². The van der Waals surface area contributed by atoms with E-state index in [1.807, 2.05) is 7.85 Å². The predicted molar refractivity (Wildman–Crippen MR) is 24.2 cm³/mol. The number of rotatable bonds is 0. The molecule has 0 bridgehead atoms. The maximum Gasteiger partial charge on any atom is 0.174 e. The summed E-state index contributed by atoms with van der Waals surface area (Å²) in [4.78, 5) is 0. The van der Waals surface area contributed by atoms with Gasteiger partial charge in [0.05, 0.1) is 13.2 Å². The molecule has 3 heteroatoms. The molecule has 6 heavy (non-hydrogen) atoms. The van der Waals surface area contributed by atoms with Crippen molar-refractivity contribution >= 4 is 7.85 Å². The zero-order valence-electron chi connectivity index (χ0n) is 3.81. The predicted octanol–water partition coefficient (Wildman–Crippen LogP) is -1.05. The maximum absolute atomic E-state index is 4.93. The molecular formula is C3H7BO2. The zero-order valence-corrected chi connectivity index (χ0v) is 3.81. The van der Waals surface area contributed by atoms with Crippen LogP contribution in [0.25, 0.3) is 0 Å². The van der Waals surface area contributed by atoms with Crippen LogP contribution in [0.1, 0.15) is 0 Å². The summed E-state index contributed by atoms with van der Waals surface area (Å²) < 4.78 is 9.86. The third-order valence-electron chi connectivity index (χ3n) is 0.788. The van der Waals surface area contributed by atoms with E-state index in [0.29, 0.717) is 0 Å². The molecule has 0 aromatic carbocycles. The molecule has 2 nitrogen and oxygen atoms in total. The van der Waals surface area contributed by atoms with Gasteiger partial charge in [0, 0.05) is 0 Å². The van der Waals surface area contributed by atoms with Crippen molar-refractivity contribution in [2.45, 2.75) is 6.19 Å². The number of hydrogen-bond acceptors (Lipinski definition) is 2. The van der Waals surface area contributed by atoms with Gasteiger partial charge in [-0.1, -0.05) is 0 Å². The highest BCUT2D eigenvalue weighted by atomic mass is 16.7. The first-order chi connectivity index (χ1) is 2.89. The van der Waals surface area contributed by atoms with Crippen LogP contribution in [-0.2, 0) is 9.47 Å². The second kappa shape index (κ2) is 1.62. The third kappa shape index (κ3) is 0.728. The fraction of sp³-hybridized carbons (Fsp3) is 1.00. The van der Waals surface area contributed by atoms with E-state index in [9.17, 15) is 0 Å². The van der Waals surface area contributed by atoms with Gasteiger partial charge in [0.15, 0.2) is 7.85 Å². The van der Waals surface area contributed by atoms with Crippen LogP contribution in [0.2, 0.25) is 0 Å². The van der Waals surface area contributed by atoms with Crippen LogP contribution < -0.4 is 0 Å². The first-order valence-electron chi connectivity index (χ1n) is 2.13. The van der Waals surface area contributed by atoms with Gasteiger partial charge in [-0.15, -0.1) is 0 Å². The largest absolute Gasteiger partial charge is 0.359 e. The molecule has 1 aliphatic heterocycles. The van der Waals surface area contributed by atoms with Gasteiger partial charge < -0.3 is 9.47 Å². The van der Waals surface area contributed by atoms with Crippen molar-refractivity contribution in [1.29, 1.82) is 0 Å². The second-order valence-corrected chi connectivity index (χ2v) is 1.31. The van der Waals surface area contributed by atoms with Crippen LogP contribution in [0.15, 0.2) is 0 Å². The monoisotopic (exact) mass is 86.1 g/mol. The quantitative estimate of drug-likeness (QED) is 0.350. The van der Waals surface area contributed by atoms with E-state index in [0.717, 1.165) is 13.2 Å². The molecule has 0 unspecified atom stereocenters. The van der Waals surface area contributed by atoms with Gasteiger partial charge in [0.2, 0.25) is 0 Å². The summed E-state index contributed by atoms with van der Waals surface area (Å²) in [6, 6.07) is 0. The summed E-state index contributed by atoms with van der Waals surface area (Å²) in [5, 5.41) is 0. The molecule has 1 rings (SSSR count). The first-order valence-corrected chi connectivity index (χ1v) is 2.13. The molecule has 1 saturated heterocycles. The van der Waals surface area contributed by atoms with E-state index in [1.54, 1.807) is 0 Å².